The predicted octanol–water partition coefficient (Wildman–Crippen LogP) is 3.94. The summed E-state index contributed by atoms with van der Waals surface area (Å²) in [5, 5.41) is 10.3. The number of thioether (sulfide) groups is 2. The first-order chi connectivity index (χ1) is 10.3. The highest BCUT2D eigenvalue weighted by Crippen LogP contribution is 2.37. The van der Waals surface area contributed by atoms with Gasteiger partial charge in [-0.2, -0.15) is 11.8 Å². The Kier molecular flexibility index (Phi) is 5.21. The summed E-state index contributed by atoms with van der Waals surface area (Å²) in [6, 6.07) is 11.3. The van der Waals surface area contributed by atoms with Crippen molar-refractivity contribution in [3.8, 4) is 0 Å². The molecular weight excluding hydrogens is 318 g/mol. The van der Waals surface area contributed by atoms with Crippen molar-refractivity contribution in [1.82, 2.24) is 15.1 Å². The normalized spacial score (nSPS) is 23.3. The highest BCUT2D eigenvalue weighted by molar-refractivity contribution is 8.00. The highest BCUT2D eigenvalue weighted by atomic mass is 32.2. The van der Waals surface area contributed by atoms with Crippen LogP contribution in [0.3, 0.4) is 0 Å². The van der Waals surface area contributed by atoms with Crippen LogP contribution in [0.1, 0.15) is 23.5 Å². The van der Waals surface area contributed by atoms with Gasteiger partial charge in [0.25, 0.3) is 0 Å². The first-order valence-corrected chi connectivity index (χ1v) is 10.1. The average molecular weight is 338 g/mol. The quantitative estimate of drug-likeness (QED) is 0.788. The van der Waals surface area contributed by atoms with Crippen LogP contribution in [0.4, 0.5) is 0 Å². The molecule has 0 bridgehead atoms. The van der Waals surface area contributed by atoms with Crippen molar-refractivity contribution in [2.24, 2.45) is 0 Å². The summed E-state index contributed by atoms with van der Waals surface area (Å²) in [4.78, 5) is 2.56. The molecule has 1 saturated heterocycles. The van der Waals surface area contributed by atoms with E-state index >= 15 is 0 Å². The lowest BCUT2D eigenvalue weighted by Gasteiger charge is -2.39. The second-order valence-corrected chi connectivity index (χ2v) is 8.67. The molecule has 0 unspecified atom stereocenters. The Hall–Kier alpha value is -0.560. The Morgan fingerprint density at radius 2 is 2.10 bits per heavy atom. The van der Waals surface area contributed by atoms with Crippen molar-refractivity contribution in [3.63, 3.8) is 0 Å². The van der Waals surface area contributed by atoms with Gasteiger partial charge in [-0.25, -0.2) is 0 Å². The van der Waals surface area contributed by atoms with E-state index in [4.69, 9.17) is 0 Å². The van der Waals surface area contributed by atoms with Gasteiger partial charge < -0.3 is 0 Å². The third-order valence-corrected chi connectivity index (χ3v) is 6.79. The molecule has 1 aromatic heterocycles. The predicted molar refractivity (Wildman–Crippen MR) is 93.2 cm³/mol. The smallest absolute Gasteiger partial charge is 0.174 e. The third-order valence-electron chi connectivity index (χ3n) is 3.70. The first kappa shape index (κ1) is 15.3. The molecule has 1 aromatic carbocycles. The van der Waals surface area contributed by atoms with Crippen molar-refractivity contribution in [2.45, 2.75) is 29.1 Å². The number of nitrogens with zero attached hydrogens (tertiary/aromatic N) is 3. The lowest BCUT2D eigenvalue weighted by atomic mass is 10.0. The molecular formula is C15H19N3S3. The summed E-state index contributed by atoms with van der Waals surface area (Å²) < 4.78 is 1.06. The summed E-state index contributed by atoms with van der Waals surface area (Å²) in [5.74, 6) is 1.19. The van der Waals surface area contributed by atoms with Crippen molar-refractivity contribution < 1.29 is 0 Å². The fraction of sp³-hybridized carbons (Fsp3) is 0.467. The standard InChI is InChI=1S/C15H19N3S3/c1-11-14(12-6-4-3-5-7-12)18(8-9-20-11)10-13-16-17-15(19-2)21-13/h3-7,11,14H,8-10H2,1-2H3/t11-,14+/m0/s1. The zero-order valence-corrected chi connectivity index (χ0v) is 14.7. The van der Waals surface area contributed by atoms with Crippen LogP contribution in [0.5, 0.6) is 0 Å². The summed E-state index contributed by atoms with van der Waals surface area (Å²) in [7, 11) is 0. The topological polar surface area (TPSA) is 29.0 Å². The minimum Gasteiger partial charge on any atom is -0.288 e. The molecule has 0 aliphatic carbocycles. The van der Waals surface area contributed by atoms with E-state index in [-0.39, 0.29) is 0 Å². The van der Waals surface area contributed by atoms with Gasteiger partial charge in [0.05, 0.1) is 6.54 Å². The van der Waals surface area contributed by atoms with E-state index in [0.717, 1.165) is 22.4 Å². The van der Waals surface area contributed by atoms with E-state index in [1.807, 2.05) is 0 Å². The lowest BCUT2D eigenvalue weighted by Crippen LogP contribution is -2.39. The van der Waals surface area contributed by atoms with Crippen molar-refractivity contribution >= 4 is 34.9 Å². The second-order valence-electron chi connectivity index (χ2n) is 5.07. The van der Waals surface area contributed by atoms with Crippen LogP contribution in [0.2, 0.25) is 0 Å². The van der Waals surface area contributed by atoms with E-state index < -0.39 is 0 Å². The molecule has 0 saturated carbocycles. The van der Waals surface area contributed by atoms with E-state index in [0.29, 0.717) is 11.3 Å². The molecule has 2 aromatic rings. The zero-order valence-electron chi connectivity index (χ0n) is 12.2. The molecule has 21 heavy (non-hydrogen) atoms. The van der Waals surface area contributed by atoms with Crippen LogP contribution in [-0.2, 0) is 6.54 Å². The Morgan fingerprint density at radius 1 is 1.29 bits per heavy atom. The molecule has 0 spiro atoms. The minimum atomic E-state index is 0.464. The van der Waals surface area contributed by atoms with Gasteiger partial charge in [-0.1, -0.05) is 60.4 Å². The average Bonchev–Trinajstić information content (AvgIpc) is 2.96. The van der Waals surface area contributed by atoms with E-state index in [1.54, 1.807) is 23.1 Å². The van der Waals surface area contributed by atoms with Gasteiger partial charge in [0.15, 0.2) is 4.34 Å². The van der Waals surface area contributed by atoms with E-state index in [2.05, 4.69) is 70.4 Å². The molecule has 1 aliphatic rings. The molecule has 0 N–H and O–H groups in total. The van der Waals surface area contributed by atoms with Crippen LogP contribution >= 0.6 is 34.9 Å². The second kappa shape index (κ2) is 7.13. The molecule has 2 heterocycles. The van der Waals surface area contributed by atoms with Crippen molar-refractivity contribution in [1.29, 1.82) is 0 Å². The SMILES string of the molecule is CSc1nnc(CN2CCS[C@@H](C)[C@@H]2c2ccccc2)s1. The van der Waals surface area contributed by atoms with Crippen LogP contribution in [0.25, 0.3) is 0 Å². The largest absolute Gasteiger partial charge is 0.288 e. The van der Waals surface area contributed by atoms with Gasteiger partial charge in [-0.05, 0) is 11.8 Å². The van der Waals surface area contributed by atoms with Crippen LogP contribution < -0.4 is 0 Å². The van der Waals surface area contributed by atoms with E-state index in [9.17, 15) is 0 Å². The molecule has 0 amide bonds. The molecule has 3 nitrogen and oxygen atoms in total. The fourth-order valence-electron chi connectivity index (χ4n) is 2.75. The summed E-state index contributed by atoms with van der Waals surface area (Å²) in [5.41, 5.74) is 1.41. The van der Waals surface area contributed by atoms with Crippen LogP contribution in [0.15, 0.2) is 34.7 Å². The lowest BCUT2D eigenvalue weighted by molar-refractivity contribution is 0.191. The molecule has 3 rings (SSSR count). The van der Waals surface area contributed by atoms with Crippen molar-refractivity contribution in [3.05, 3.63) is 40.9 Å². The number of hydrogen-bond acceptors (Lipinski definition) is 6. The molecule has 2 atom stereocenters. The van der Waals surface area contributed by atoms with Gasteiger partial charge in [-0.15, -0.1) is 10.2 Å². The molecule has 6 heteroatoms. The van der Waals surface area contributed by atoms with Crippen LogP contribution in [-0.4, -0.2) is 38.9 Å². The third kappa shape index (κ3) is 3.62. The van der Waals surface area contributed by atoms with Gasteiger partial charge >= 0.3 is 0 Å². The van der Waals surface area contributed by atoms with Gasteiger partial charge in [0.2, 0.25) is 0 Å². The molecule has 112 valence electrons. The number of aromatic nitrogens is 2. The Labute approximate surface area is 138 Å². The Bertz CT molecular complexity index is 573. The molecule has 1 fully saturated rings. The van der Waals surface area contributed by atoms with Gasteiger partial charge in [0, 0.05) is 23.6 Å². The maximum atomic E-state index is 4.33. The first-order valence-electron chi connectivity index (χ1n) is 7.05. The van der Waals surface area contributed by atoms with E-state index in [1.165, 1.54) is 11.3 Å². The summed E-state index contributed by atoms with van der Waals surface area (Å²) >= 11 is 5.46. The molecule has 1 aliphatic heterocycles. The monoisotopic (exact) mass is 337 g/mol. The summed E-state index contributed by atoms with van der Waals surface area (Å²) in [6.07, 6.45) is 2.05. The number of rotatable bonds is 4. The maximum Gasteiger partial charge on any atom is 0.174 e. The maximum absolute atomic E-state index is 4.33. The number of hydrogen-bond donors (Lipinski definition) is 0. The highest BCUT2D eigenvalue weighted by Gasteiger charge is 2.30. The summed E-state index contributed by atoms with van der Waals surface area (Å²) in [6.45, 7) is 4.35. The van der Waals surface area contributed by atoms with Crippen LogP contribution in [0, 0.1) is 0 Å². The van der Waals surface area contributed by atoms with Crippen molar-refractivity contribution in [2.75, 3.05) is 18.6 Å². The molecule has 0 radical (unpaired) electrons. The zero-order chi connectivity index (χ0) is 14.7. The minimum absolute atomic E-state index is 0.464. The Morgan fingerprint density at radius 3 is 2.81 bits per heavy atom. The van der Waals surface area contributed by atoms with Gasteiger partial charge in [-0.3, -0.25) is 4.90 Å². The fourth-order valence-corrected chi connectivity index (χ4v) is 5.31. The van der Waals surface area contributed by atoms with Gasteiger partial charge in [0.1, 0.15) is 5.01 Å². The number of benzene rings is 1. The Balaban J connectivity index is 1.80.